The highest BCUT2D eigenvalue weighted by Gasteiger charge is 2.43. The predicted molar refractivity (Wildman–Crippen MR) is 110 cm³/mol. The summed E-state index contributed by atoms with van der Waals surface area (Å²) in [5.74, 6) is -1.02. The molecule has 5 heteroatoms. The second kappa shape index (κ2) is 8.96. The average molecular weight is 432 g/mol. The summed E-state index contributed by atoms with van der Waals surface area (Å²) in [4.78, 5) is 30.4. The van der Waals surface area contributed by atoms with Gasteiger partial charge in [-0.05, 0) is 43.9 Å². The Morgan fingerprint density at radius 1 is 1.30 bits per heavy atom. The summed E-state index contributed by atoms with van der Waals surface area (Å²) in [5, 5.41) is 0. The van der Waals surface area contributed by atoms with E-state index < -0.39 is 5.92 Å². The molecule has 0 saturated carbocycles. The molecule has 2 aliphatic rings. The number of hydrogen-bond acceptors (Lipinski definition) is 4. The largest absolute Gasteiger partial charge is 0.465 e. The summed E-state index contributed by atoms with van der Waals surface area (Å²) in [6, 6.07) is 7.87. The Hall–Kier alpha value is -1.75. The van der Waals surface area contributed by atoms with Gasteiger partial charge in [0, 0.05) is 33.8 Å². The molecule has 0 aromatic heterocycles. The van der Waals surface area contributed by atoms with Crippen LogP contribution in [0.15, 0.2) is 45.0 Å². The third-order valence-corrected chi connectivity index (χ3v) is 5.78. The number of aliphatic imine (C=N–C) groups is 1. The van der Waals surface area contributed by atoms with Crippen LogP contribution < -0.4 is 0 Å². The molecule has 0 spiro atoms. The SMILES string of the molecule is CCCCCOC(=O)C1C(C)=NC2=C(C(=O)CCC2)[C@H]1c1cccc(Br)c1. The smallest absolute Gasteiger partial charge is 0.315 e. The number of rotatable bonds is 6. The molecular formula is C22H26BrNO3. The molecule has 0 radical (unpaired) electrons. The molecule has 0 N–H and O–H groups in total. The zero-order valence-corrected chi connectivity index (χ0v) is 17.5. The van der Waals surface area contributed by atoms with Gasteiger partial charge in [-0.25, -0.2) is 0 Å². The first-order chi connectivity index (χ1) is 13.0. The molecule has 0 saturated heterocycles. The predicted octanol–water partition coefficient (Wildman–Crippen LogP) is 5.36. The second-order valence-corrected chi connectivity index (χ2v) is 8.19. The minimum absolute atomic E-state index is 0.112. The van der Waals surface area contributed by atoms with Crippen molar-refractivity contribution in [1.82, 2.24) is 0 Å². The monoisotopic (exact) mass is 431 g/mol. The Morgan fingerprint density at radius 3 is 2.85 bits per heavy atom. The van der Waals surface area contributed by atoms with E-state index in [1.54, 1.807) is 0 Å². The van der Waals surface area contributed by atoms with Crippen LogP contribution in [0, 0.1) is 5.92 Å². The van der Waals surface area contributed by atoms with Crippen LogP contribution >= 0.6 is 15.9 Å². The maximum absolute atomic E-state index is 13.0. The minimum Gasteiger partial charge on any atom is -0.465 e. The Kier molecular flexibility index (Phi) is 6.64. The molecule has 2 atom stereocenters. The second-order valence-electron chi connectivity index (χ2n) is 7.28. The number of ether oxygens (including phenoxy) is 1. The van der Waals surface area contributed by atoms with Crippen molar-refractivity contribution in [3.05, 3.63) is 45.6 Å². The normalized spacial score (nSPS) is 22.3. The van der Waals surface area contributed by atoms with Crippen molar-refractivity contribution in [1.29, 1.82) is 0 Å². The van der Waals surface area contributed by atoms with E-state index in [-0.39, 0.29) is 17.7 Å². The topological polar surface area (TPSA) is 55.7 Å². The lowest BCUT2D eigenvalue weighted by atomic mass is 9.72. The molecule has 27 heavy (non-hydrogen) atoms. The van der Waals surface area contributed by atoms with Crippen LogP contribution in [-0.4, -0.2) is 24.1 Å². The Bertz CT molecular complexity index is 797. The summed E-state index contributed by atoms with van der Waals surface area (Å²) in [6.45, 7) is 4.42. The Labute approximate surface area is 169 Å². The number of carbonyl (C=O) groups is 2. The fraction of sp³-hybridized carbons (Fsp3) is 0.500. The summed E-state index contributed by atoms with van der Waals surface area (Å²) in [7, 11) is 0. The van der Waals surface area contributed by atoms with Crippen molar-refractivity contribution in [2.24, 2.45) is 10.9 Å². The molecule has 0 fully saturated rings. The molecule has 1 aromatic carbocycles. The van der Waals surface area contributed by atoms with E-state index in [0.29, 0.717) is 18.6 Å². The molecule has 0 amide bonds. The molecule has 144 valence electrons. The lowest BCUT2D eigenvalue weighted by molar-refractivity contribution is -0.146. The standard InChI is InChI=1S/C22H26BrNO3/c1-3-4-5-12-27-22(26)19-14(2)24-17-10-7-11-18(25)21(17)20(19)15-8-6-9-16(23)13-15/h6,8-9,13,19-20H,3-5,7,10-12H2,1-2H3/t19?,20-/m0/s1. The van der Waals surface area contributed by atoms with Gasteiger partial charge in [-0.2, -0.15) is 0 Å². The van der Waals surface area contributed by atoms with Gasteiger partial charge in [-0.1, -0.05) is 47.8 Å². The van der Waals surface area contributed by atoms with Gasteiger partial charge in [0.15, 0.2) is 5.78 Å². The number of nitrogens with zero attached hydrogens (tertiary/aromatic N) is 1. The van der Waals surface area contributed by atoms with Gasteiger partial charge in [0.25, 0.3) is 0 Å². The fourth-order valence-electron chi connectivity index (χ4n) is 3.99. The number of benzene rings is 1. The number of hydrogen-bond donors (Lipinski definition) is 0. The van der Waals surface area contributed by atoms with E-state index in [0.717, 1.165) is 53.5 Å². The van der Waals surface area contributed by atoms with Gasteiger partial charge in [0.05, 0.1) is 6.61 Å². The molecule has 3 rings (SSSR count). The van der Waals surface area contributed by atoms with Crippen molar-refractivity contribution in [2.45, 2.75) is 58.3 Å². The van der Waals surface area contributed by atoms with Gasteiger partial charge in [0.2, 0.25) is 0 Å². The van der Waals surface area contributed by atoms with Gasteiger partial charge in [-0.15, -0.1) is 0 Å². The first kappa shape index (κ1) is 20.0. The van der Waals surface area contributed by atoms with E-state index in [9.17, 15) is 9.59 Å². The Morgan fingerprint density at radius 2 is 2.11 bits per heavy atom. The van der Waals surface area contributed by atoms with Gasteiger partial charge in [0.1, 0.15) is 5.92 Å². The number of esters is 1. The maximum atomic E-state index is 13.0. The molecule has 1 aromatic rings. The molecule has 1 aliphatic carbocycles. The molecule has 0 bridgehead atoms. The number of carbonyl (C=O) groups excluding carboxylic acids is 2. The van der Waals surface area contributed by atoms with Crippen molar-refractivity contribution in [3.63, 3.8) is 0 Å². The van der Waals surface area contributed by atoms with Gasteiger partial charge < -0.3 is 4.74 Å². The van der Waals surface area contributed by atoms with Crippen molar-refractivity contribution >= 4 is 33.4 Å². The highest BCUT2D eigenvalue weighted by atomic mass is 79.9. The fourth-order valence-corrected chi connectivity index (χ4v) is 4.40. The van der Waals surface area contributed by atoms with Crippen LogP contribution in [0.5, 0.6) is 0 Å². The van der Waals surface area contributed by atoms with E-state index >= 15 is 0 Å². The van der Waals surface area contributed by atoms with Crippen LogP contribution in [0.3, 0.4) is 0 Å². The maximum Gasteiger partial charge on any atom is 0.315 e. The quantitative estimate of drug-likeness (QED) is 0.449. The third kappa shape index (κ3) is 4.40. The number of allylic oxidation sites excluding steroid dienone is 2. The van der Waals surface area contributed by atoms with Crippen molar-refractivity contribution in [2.75, 3.05) is 6.61 Å². The molecular weight excluding hydrogens is 406 g/mol. The van der Waals surface area contributed by atoms with Crippen LogP contribution in [0.1, 0.15) is 63.9 Å². The zero-order valence-electron chi connectivity index (χ0n) is 16.0. The molecule has 1 unspecified atom stereocenters. The third-order valence-electron chi connectivity index (χ3n) is 5.29. The van der Waals surface area contributed by atoms with E-state index in [1.807, 2.05) is 31.2 Å². The number of ketones is 1. The number of unbranched alkanes of at least 4 members (excludes halogenated alkanes) is 2. The highest BCUT2D eigenvalue weighted by molar-refractivity contribution is 9.10. The van der Waals surface area contributed by atoms with Crippen LogP contribution in [0.2, 0.25) is 0 Å². The summed E-state index contributed by atoms with van der Waals surface area (Å²) in [5.41, 5.74) is 3.26. The van der Waals surface area contributed by atoms with Crippen LogP contribution in [0.25, 0.3) is 0 Å². The molecule has 1 heterocycles. The van der Waals surface area contributed by atoms with Gasteiger partial charge >= 0.3 is 5.97 Å². The van der Waals surface area contributed by atoms with Crippen LogP contribution in [-0.2, 0) is 14.3 Å². The average Bonchev–Trinajstić information content (AvgIpc) is 2.64. The summed E-state index contributed by atoms with van der Waals surface area (Å²) >= 11 is 3.52. The first-order valence-corrected chi connectivity index (χ1v) is 10.6. The van der Waals surface area contributed by atoms with Gasteiger partial charge in [-0.3, -0.25) is 14.6 Å². The lowest BCUT2D eigenvalue weighted by Gasteiger charge is -2.34. The van der Waals surface area contributed by atoms with Crippen molar-refractivity contribution < 1.29 is 14.3 Å². The van der Waals surface area contributed by atoms with E-state index in [2.05, 4.69) is 27.8 Å². The molecule has 4 nitrogen and oxygen atoms in total. The first-order valence-electron chi connectivity index (χ1n) is 9.76. The van der Waals surface area contributed by atoms with E-state index in [4.69, 9.17) is 4.74 Å². The number of halogens is 1. The molecule has 1 aliphatic heterocycles. The Balaban J connectivity index is 1.98. The summed E-state index contributed by atoms with van der Waals surface area (Å²) < 4.78 is 6.52. The van der Waals surface area contributed by atoms with Crippen LogP contribution in [0.4, 0.5) is 0 Å². The minimum atomic E-state index is -0.540. The van der Waals surface area contributed by atoms with Crippen molar-refractivity contribution in [3.8, 4) is 0 Å². The summed E-state index contributed by atoms with van der Waals surface area (Å²) in [6.07, 6.45) is 5.11. The zero-order chi connectivity index (χ0) is 19.4. The van der Waals surface area contributed by atoms with E-state index in [1.165, 1.54) is 0 Å². The highest BCUT2D eigenvalue weighted by Crippen LogP contribution is 2.44. The lowest BCUT2D eigenvalue weighted by Crippen LogP contribution is -2.37. The number of Topliss-reactive ketones (excluding diaryl/α,β-unsaturated/α-hetero) is 1.